The first-order chi connectivity index (χ1) is 20.0. The van der Waals surface area contributed by atoms with Crippen molar-refractivity contribution >= 4 is 17.1 Å². The van der Waals surface area contributed by atoms with Gasteiger partial charge in [0.05, 0.1) is 5.56 Å². The maximum absolute atomic E-state index is 15.8. The predicted octanol–water partition coefficient (Wildman–Crippen LogP) is 6.16. The lowest BCUT2D eigenvalue weighted by molar-refractivity contribution is -0.137. The van der Waals surface area contributed by atoms with E-state index in [1.807, 2.05) is 0 Å². The van der Waals surface area contributed by atoms with E-state index in [0.29, 0.717) is 60.2 Å². The molecule has 0 saturated heterocycles. The number of rotatable bonds is 9. The number of fused-ring (bicyclic) bond motifs is 1. The van der Waals surface area contributed by atoms with Gasteiger partial charge in [-0.2, -0.15) is 13.2 Å². The number of nitrogens with zero attached hydrogens (tertiary/aromatic N) is 2. The lowest BCUT2D eigenvalue weighted by Crippen LogP contribution is -2.22. The van der Waals surface area contributed by atoms with Gasteiger partial charge in [-0.25, -0.2) is 9.37 Å². The smallest absolute Gasteiger partial charge is 0.416 e. The number of ether oxygens (including phenoxy) is 1. The Balaban J connectivity index is 1.63. The van der Waals surface area contributed by atoms with Gasteiger partial charge in [0.15, 0.2) is 0 Å². The van der Waals surface area contributed by atoms with Gasteiger partial charge < -0.3 is 20.1 Å². The third kappa shape index (κ3) is 7.36. The van der Waals surface area contributed by atoms with Crippen LogP contribution in [0.15, 0.2) is 60.8 Å². The number of amides is 1. The van der Waals surface area contributed by atoms with Crippen molar-refractivity contribution in [2.24, 2.45) is 0 Å². The van der Waals surface area contributed by atoms with Gasteiger partial charge in [0.25, 0.3) is 0 Å². The zero-order valence-corrected chi connectivity index (χ0v) is 23.7. The number of carbonyl (C=O) groups excluding carboxylic acids is 1. The second-order valence-corrected chi connectivity index (χ2v) is 10.3. The molecule has 0 bridgehead atoms. The number of alkyl halides is 3. The molecule has 4 rings (SSSR count). The molecule has 0 unspecified atom stereocenters. The van der Waals surface area contributed by atoms with E-state index in [0.717, 1.165) is 17.7 Å². The highest BCUT2D eigenvalue weighted by Crippen LogP contribution is 2.43. The molecule has 1 aromatic heterocycles. The van der Waals surface area contributed by atoms with Gasteiger partial charge in [0.1, 0.15) is 18.2 Å². The molecule has 0 radical (unpaired) electrons. The minimum absolute atomic E-state index is 0.0815. The van der Waals surface area contributed by atoms with Crippen LogP contribution < -0.4 is 10.1 Å². The Hall–Kier alpha value is -4.18. The fourth-order valence-corrected chi connectivity index (χ4v) is 4.93. The Bertz CT molecular complexity index is 1510. The summed E-state index contributed by atoms with van der Waals surface area (Å²) < 4.78 is 61.5. The first kappa shape index (κ1) is 30.8. The van der Waals surface area contributed by atoms with E-state index in [4.69, 9.17) is 4.74 Å². The van der Waals surface area contributed by atoms with Crippen molar-refractivity contribution in [2.75, 3.05) is 33.8 Å². The standard InChI is InChI=1S/C32H33F4N3O3/c1-20-16-22(32(34,35)36)9-11-24(20)26-7-4-6-21-17-23(40)10-12-25(21)31(26)27-19-38-29(18-28(27)33)42-15-14-37-13-5-8-30(41)39(2)3/h5,8-12,16-19,37,40H,4,6-7,13-15H2,1-3H3/b8-5+. The fraction of sp³-hybridized carbons (Fsp3) is 0.312. The number of likely N-dealkylation sites (N-methyl/N-ethyl adjacent to an activating group) is 1. The number of pyridine rings is 1. The number of carbonyl (C=O) groups is 1. The molecule has 0 saturated carbocycles. The number of aryl methyl sites for hydroxylation is 2. The highest BCUT2D eigenvalue weighted by molar-refractivity contribution is 6.00. The highest BCUT2D eigenvalue weighted by Gasteiger charge is 2.31. The summed E-state index contributed by atoms with van der Waals surface area (Å²) in [6.07, 6.45) is 1.83. The lowest BCUT2D eigenvalue weighted by Gasteiger charge is -2.19. The van der Waals surface area contributed by atoms with E-state index in [1.54, 1.807) is 39.2 Å². The van der Waals surface area contributed by atoms with E-state index in [2.05, 4.69) is 10.3 Å². The summed E-state index contributed by atoms with van der Waals surface area (Å²) in [6.45, 7) is 2.72. The topological polar surface area (TPSA) is 74.7 Å². The number of phenols is 1. The Morgan fingerprint density at radius 2 is 1.86 bits per heavy atom. The minimum atomic E-state index is -4.47. The number of aromatic hydroxyl groups is 1. The van der Waals surface area contributed by atoms with Crippen molar-refractivity contribution in [2.45, 2.75) is 32.4 Å². The largest absolute Gasteiger partial charge is 0.508 e. The van der Waals surface area contributed by atoms with Crippen molar-refractivity contribution in [3.05, 3.63) is 100 Å². The average molecular weight is 584 g/mol. The molecule has 1 heterocycles. The van der Waals surface area contributed by atoms with Crippen LogP contribution in [0.3, 0.4) is 0 Å². The number of halogens is 4. The molecule has 0 aliphatic heterocycles. The quantitative estimate of drug-likeness (QED) is 0.179. The second-order valence-electron chi connectivity index (χ2n) is 10.3. The maximum Gasteiger partial charge on any atom is 0.416 e. The van der Waals surface area contributed by atoms with Gasteiger partial charge in [0, 0.05) is 51.1 Å². The lowest BCUT2D eigenvalue weighted by atomic mass is 9.86. The van der Waals surface area contributed by atoms with Crippen LogP contribution in [0.25, 0.3) is 11.1 Å². The number of benzene rings is 2. The van der Waals surface area contributed by atoms with Gasteiger partial charge in [-0.3, -0.25) is 4.79 Å². The molecule has 42 heavy (non-hydrogen) atoms. The van der Waals surface area contributed by atoms with Crippen molar-refractivity contribution < 1.29 is 32.2 Å². The number of allylic oxidation sites excluding steroid dienone is 1. The van der Waals surface area contributed by atoms with Gasteiger partial charge in [0.2, 0.25) is 11.8 Å². The van der Waals surface area contributed by atoms with Crippen molar-refractivity contribution in [1.82, 2.24) is 15.2 Å². The number of aromatic nitrogens is 1. The van der Waals surface area contributed by atoms with Crippen molar-refractivity contribution in [1.29, 1.82) is 0 Å². The van der Waals surface area contributed by atoms with Gasteiger partial charge in [-0.15, -0.1) is 0 Å². The van der Waals surface area contributed by atoms with Crippen LogP contribution >= 0.6 is 0 Å². The molecule has 0 atom stereocenters. The number of phenolic OH excluding ortho intramolecular Hbond substituents is 1. The maximum atomic E-state index is 15.8. The molecule has 222 valence electrons. The molecule has 0 fully saturated rings. The van der Waals surface area contributed by atoms with Crippen LogP contribution in [-0.2, 0) is 17.4 Å². The Morgan fingerprint density at radius 1 is 1.10 bits per heavy atom. The summed E-state index contributed by atoms with van der Waals surface area (Å²) in [5.74, 6) is -0.537. The predicted molar refractivity (Wildman–Crippen MR) is 154 cm³/mol. The number of hydrogen-bond donors (Lipinski definition) is 2. The van der Waals surface area contributed by atoms with Crippen LogP contribution in [0.1, 0.15) is 46.2 Å². The van der Waals surface area contributed by atoms with Crippen molar-refractivity contribution in [3.8, 4) is 11.6 Å². The van der Waals surface area contributed by atoms with E-state index < -0.39 is 17.6 Å². The van der Waals surface area contributed by atoms with Crippen LogP contribution in [0.5, 0.6) is 11.6 Å². The van der Waals surface area contributed by atoms with Crippen LogP contribution in [0.2, 0.25) is 0 Å². The zero-order valence-electron chi connectivity index (χ0n) is 23.7. The minimum Gasteiger partial charge on any atom is -0.508 e. The summed E-state index contributed by atoms with van der Waals surface area (Å²) >= 11 is 0. The summed E-state index contributed by atoms with van der Waals surface area (Å²) in [7, 11) is 3.33. The van der Waals surface area contributed by atoms with E-state index in [9.17, 15) is 23.1 Å². The van der Waals surface area contributed by atoms with E-state index in [-0.39, 0.29) is 29.7 Å². The summed E-state index contributed by atoms with van der Waals surface area (Å²) in [5, 5.41) is 13.2. The molecule has 2 N–H and O–H groups in total. The van der Waals surface area contributed by atoms with E-state index in [1.165, 1.54) is 35.4 Å². The molecule has 6 nitrogen and oxygen atoms in total. The molecule has 10 heteroatoms. The molecule has 1 amide bonds. The zero-order chi connectivity index (χ0) is 30.4. The SMILES string of the molecule is Cc1cc(C(F)(F)F)ccc1C1=C(c2cnc(OCCNC/C=C/C(=O)N(C)C)cc2F)c2ccc(O)cc2CCC1. The summed E-state index contributed by atoms with van der Waals surface area (Å²) in [6, 6.07) is 9.66. The molecule has 2 aromatic carbocycles. The second kappa shape index (κ2) is 13.2. The molecule has 1 aliphatic carbocycles. The Labute approximate surface area is 242 Å². The number of nitrogens with one attached hydrogen (secondary N) is 1. The molecular weight excluding hydrogens is 550 g/mol. The molecule has 0 spiro atoms. The van der Waals surface area contributed by atoms with Crippen molar-refractivity contribution in [3.63, 3.8) is 0 Å². The molecule has 3 aromatic rings. The van der Waals surface area contributed by atoms with Crippen LogP contribution in [0, 0.1) is 12.7 Å². The summed E-state index contributed by atoms with van der Waals surface area (Å²) in [4.78, 5) is 17.3. The summed E-state index contributed by atoms with van der Waals surface area (Å²) in [5.41, 5.74) is 3.24. The van der Waals surface area contributed by atoms with Gasteiger partial charge in [-0.1, -0.05) is 18.2 Å². The van der Waals surface area contributed by atoms with Crippen LogP contribution in [0.4, 0.5) is 17.6 Å². The third-order valence-electron chi connectivity index (χ3n) is 7.00. The van der Waals surface area contributed by atoms with Crippen LogP contribution in [-0.4, -0.2) is 54.7 Å². The molecule has 1 aliphatic rings. The highest BCUT2D eigenvalue weighted by atomic mass is 19.4. The first-order valence-electron chi connectivity index (χ1n) is 13.6. The Kier molecular flexibility index (Phi) is 9.67. The molecular formula is C32H33F4N3O3. The average Bonchev–Trinajstić information content (AvgIpc) is 3.11. The van der Waals surface area contributed by atoms with Gasteiger partial charge in [-0.05, 0) is 83.9 Å². The fourth-order valence-electron chi connectivity index (χ4n) is 4.93. The normalized spacial score (nSPS) is 13.7. The number of hydrogen-bond acceptors (Lipinski definition) is 5. The van der Waals surface area contributed by atoms with E-state index >= 15 is 4.39 Å². The van der Waals surface area contributed by atoms with Gasteiger partial charge >= 0.3 is 6.18 Å². The monoisotopic (exact) mass is 583 g/mol. The first-order valence-corrected chi connectivity index (χ1v) is 13.6. The Morgan fingerprint density at radius 3 is 2.55 bits per heavy atom. The third-order valence-corrected chi connectivity index (χ3v) is 7.00.